The van der Waals surface area contributed by atoms with Crippen molar-refractivity contribution in [3.05, 3.63) is 53.3 Å². The number of nitrogens with two attached hydrogens (primary N) is 1. The van der Waals surface area contributed by atoms with Crippen molar-refractivity contribution in [3.63, 3.8) is 0 Å². The first-order valence-corrected chi connectivity index (χ1v) is 6.27. The lowest BCUT2D eigenvalue weighted by molar-refractivity contribution is 0.0988. The number of pyridine rings is 1. The van der Waals surface area contributed by atoms with Gasteiger partial charge in [0.05, 0.1) is 0 Å². The van der Waals surface area contributed by atoms with Crippen LogP contribution in [0.5, 0.6) is 0 Å². The lowest BCUT2D eigenvalue weighted by atomic mass is 10.1. The summed E-state index contributed by atoms with van der Waals surface area (Å²) in [6, 6.07) is 8.42. The van der Waals surface area contributed by atoms with E-state index in [9.17, 15) is 4.79 Å². The van der Waals surface area contributed by atoms with E-state index in [4.69, 9.17) is 17.3 Å². The fourth-order valence-electron chi connectivity index (χ4n) is 1.86. The van der Waals surface area contributed by atoms with Crippen LogP contribution >= 0.6 is 11.6 Å². The van der Waals surface area contributed by atoms with Gasteiger partial charge < -0.3 is 10.6 Å². The zero-order valence-corrected chi connectivity index (χ0v) is 11.3. The van der Waals surface area contributed by atoms with Crippen LogP contribution < -0.4 is 10.6 Å². The van der Waals surface area contributed by atoms with Gasteiger partial charge in [-0.15, -0.1) is 0 Å². The number of anilines is 2. The first kappa shape index (κ1) is 13.4. The van der Waals surface area contributed by atoms with Gasteiger partial charge in [-0.2, -0.15) is 0 Å². The molecule has 0 aliphatic carbocycles. The monoisotopic (exact) mass is 275 g/mol. The van der Waals surface area contributed by atoms with E-state index in [-0.39, 0.29) is 5.91 Å². The molecule has 2 rings (SSSR count). The zero-order chi connectivity index (χ0) is 13.8. The van der Waals surface area contributed by atoms with Gasteiger partial charge in [0.15, 0.2) is 0 Å². The quantitative estimate of drug-likeness (QED) is 0.876. The summed E-state index contributed by atoms with van der Waals surface area (Å²) in [5.74, 6) is -0.136. The van der Waals surface area contributed by atoms with E-state index in [1.807, 2.05) is 6.92 Å². The van der Waals surface area contributed by atoms with Crippen LogP contribution in [-0.2, 0) is 0 Å². The van der Waals surface area contributed by atoms with Crippen molar-refractivity contribution in [2.75, 3.05) is 17.2 Å². The topological polar surface area (TPSA) is 59.2 Å². The number of hydrogen-bond acceptors (Lipinski definition) is 3. The summed E-state index contributed by atoms with van der Waals surface area (Å²) in [5, 5.41) is 0.453. The van der Waals surface area contributed by atoms with Crippen molar-refractivity contribution in [2.24, 2.45) is 0 Å². The minimum atomic E-state index is -0.136. The zero-order valence-electron chi connectivity index (χ0n) is 10.5. The third-order valence-corrected chi connectivity index (χ3v) is 2.92. The highest BCUT2D eigenvalue weighted by atomic mass is 35.5. The van der Waals surface area contributed by atoms with E-state index < -0.39 is 0 Å². The fraction of sp³-hybridized carbons (Fsp3) is 0.143. The molecule has 98 valence electrons. The number of nitrogen functional groups attached to an aromatic ring is 1. The summed E-state index contributed by atoms with van der Waals surface area (Å²) >= 11 is 5.93. The standard InChI is InChI=1S/C14H14ClN3O/c1-2-18(13-3-5-17-6-4-13)14(19)10-7-11(15)9-12(16)8-10/h3-9H,2,16H2,1H3. The Bertz CT molecular complexity index is 566. The van der Waals surface area contributed by atoms with Crippen LogP contribution in [0.4, 0.5) is 11.4 Å². The van der Waals surface area contributed by atoms with Crippen LogP contribution in [0.15, 0.2) is 42.7 Å². The van der Waals surface area contributed by atoms with E-state index in [2.05, 4.69) is 4.98 Å². The van der Waals surface area contributed by atoms with Crippen LogP contribution in [0.3, 0.4) is 0 Å². The van der Waals surface area contributed by atoms with Crippen LogP contribution in [-0.4, -0.2) is 17.4 Å². The minimum absolute atomic E-state index is 0.136. The van der Waals surface area contributed by atoms with Crippen LogP contribution in [0.25, 0.3) is 0 Å². The smallest absolute Gasteiger partial charge is 0.258 e. The molecule has 5 heteroatoms. The third-order valence-electron chi connectivity index (χ3n) is 2.70. The van der Waals surface area contributed by atoms with E-state index in [0.717, 1.165) is 5.69 Å². The molecule has 19 heavy (non-hydrogen) atoms. The largest absolute Gasteiger partial charge is 0.399 e. The van der Waals surface area contributed by atoms with Crippen molar-refractivity contribution >= 4 is 28.9 Å². The lowest BCUT2D eigenvalue weighted by Gasteiger charge is -2.21. The van der Waals surface area contributed by atoms with E-state index in [0.29, 0.717) is 22.8 Å². The van der Waals surface area contributed by atoms with Crippen LogP contribution in [0.1, 0.15) is 17.3 Å². The number of carbonyl (C=O) groups is 1. The summed E-state index contributed by atoms with van der Waals surface area (Å²) in [4.78, 5) is 18.1. The number of nitrogens with zero attached hydrogens (tertiary/aromatic N) is 2. The molecule has 4 nitrogen and oxygen atoms in total. The van der Waals surface area contributed by atoms with Crippen molar-refractivity contribution in [1.82, 2.24) is 4.98 Å². The third kappa shape index (κ3) is 3.03. The van der Waals surface area contributed by atoms with Gasteiger partial charge in [-0.25, -0.2) is 0 Å². The molecule has 0 fully saturated rings. The van der Waals surface area contributed by atoms with Crippen molar-refractivity contribution in [1.29, 1.82) is 0 Å². The Morgan fingerprint density at radius 3 is 2.58 bits per heavy atom. The second-order valence-corrected chi connectivity index (χ2v) is 4.46. The fourth-order valence-corrected chi connectivity index (χ4v) is 2.10. The van der Waals surface area contributed by atoms with Gasteiger partial charge in [0.1, 0.15) is 0 Å². The predicted molar refractivity (Wildman–Crippen MR) is 77.5 cm³/mol. The van der Waals surface area contributed by atoms with Gasteiger partial charge in [-0.1, -0.05) is 11.6 Å². The molecule has 0 unspecified atom stereocenters. The number of carbonyl (C=O) groups excluding carboxylic acids is 1. The lowest BCUT2D eigenvalue weighted by Crippen LogP contribution is -2.30. The maximum Gasteiger partial charge on any atom is 0.258 e. The molecule has 0 atom stereocenters. The number of halogens is 1. The molecule has 1 aromatic heterocycles. The molecule has 0 radical (unpaired) electrons. The Kier molecular flexibility index (Phi) is 4.02. The molecule has 1 heterocycles. The van der Waals surface area contributed by atoms with Crippen molar-refractivity contribution in [2.45, 2.75) is 6.92 Å². The Balaban J connectivity index is 2.36. The average molecular weight is 276 g/mol. The Labute approximate surface area is 116 Å². The molecular weight excluding hydrogens is 262 g/mol. The molecule has 0 aliphatic rings. The minimum Gasteiger partial charge on any atom is -0.399 e. The first-order chi connectivity index (χ1) is 9.11. The molecule has 0 bridgehead atoms. The number of benzene rings is 1. The molecule has 2 N–H and O–H groups in total. The van der Waals surface area contributed by atoms with Gasteiger partial charge in [-0.3, -0.25) is 9.78 Å². The van der Waals surface area contributed by atoms with E-state index in [1.54, 1.807) is 47.6 Å². The van der Waals surface area contributed by atoms with E-state index in [1.165, 1.54) is 0 Å². The van der Waals surface area contributed by atoms with Gasteiger partial charge in [0.25, 0.3) is 5.91 Å². The second-order valence-electron chi connectivity index (χ2n) is 4.03. The van der Waals surface area contributed by atoms with Gasteiger partial charge in [0, 0.05) is 40.9 Å². The van der Waals surface area contributed by atoms with Crippen LogP contribution in [0, 0.1) is 0 Å². The molecule has 1 aromatic carbocycles. The second kappa shape index (κ2) is 5.71. The Morgan fingerprint density at radius 2 is 2.00 bits per heavy atom. The Morgan fingerprint density at radius 1 is 1.32 bits per heavy atom. The highest BCUT2D eigenvalue weighted by Gasteiger charge is 2.16. The summed E-state index contributed by atoms with van der Waals surface area (Å²) in [6.45, 7) is 2.46. The molecule has 2 aromatic rings. The number of hydrogen-bond donors (Lipinski definition) is 1. The molecule has 0 saturated heterocycles. The average Bonchev–Trinajstić information content (AvgIpc) is 2.39. The highest BCUT2D eigenvalue weighted by molar-refractivity contribution is 6.31. The number of rotatable bonds is 3. The number of amides is 1. The van der Waals surface area contributed by atoms with Crippen LogP contribution in [0.2, 0.25) is 5.02 Å². The summed E-state index contributed by atoms with van der Waals surface area (Å²) in [6.07, 6.45) is 3.30. The molecule has 0 spiro atoms. The molecule has 0 saturated carbocycles. The maximum absolute atomic E-state index is 12.5. The van der Waals surface area contributed by atoms with Gasteiger partial charge in [-0.05, 0) is 37.3 Å². The normalized spacial score (nSPS) is 10.2. The van der Waals surface area contributed by atoms with Gasteiger partial charge in [0.2, 0.25) is 0 Å². The molecular formula is C14H14ClN3O. The predicted octanol–water partition coefficient (Wildman–Crippen LogP) is 2.98. The maximum atomic E-state index is 12.5. The molecule has 1 amide bonds. The summed E-state index contributed by atoms with van der Waals surface area (Å²) in [5.41, 5.74) is 7.45. The summed E-state index contributed by atoms with van der Waals surface area (Å²) < 4.78 is 0. The SMILES string of the molecule is CCN(C(=O)c1cc(N)cc(Cl)c1)c1ccncc1. The van der Waals surface area contributed by atoms with Crippen molar-refractivity contribution in [3.8, 4) is 0 Å². The summed E-state index contributed by atoms with van der Waals surface area (Å²) in [7, 11) is 0. The van der Waals surface area contributed by atoms with Gasteiger partial charge >= 0.3 is 0 Å². The molecule has 0 aliphatic heterocycles. The Hall–Kier alpha value is -2.07. The van der Waals surface area contributed by atoms with Crippen molar-refractivity contribution < 1.29 is 4.79 Å². The highest BCUT2D eigenvalue weighted by Crippen LogP contribution is 2.21. The van der Waals surface area contributed by atoms with E-state index >= 15 is 0 Å². The number of aromatic nitrogens is 1. The first-order valence-electron chi connectivity index (χ1n) is 5.89.